The van der Waals surface area contributed by atoms with Gasteiger partial charge in [-0.15, -0.1) is 5.10 Å². The summed E-state index contributed by atoms with van der Waals surface area (Å²) in [5, 5.41) is 8.72. The third-order valence-electron chi connectivity index (χ3n) is 3.33. The average Bonchev–Trinajstić information content (AvgIpc) is 3.15. The molecule has 0 unspecified atom stereocenters. The Bertz CT molecular complexity index is 843. The number of aromatic nitrogens is 2. The minimum absolute atomic E-state index is 0.194. The quantitative estimate of drug-likeness (QED) is 0.718. The summed E-state index contributed by atoms with van der Waals surface area (Å²) in [4.78, 5) is 12.0. The number of carbonyl (C=O) groups is 1. The van der Waals surface area contributed by atoms with Crippen LogP contribution in [0.2, 0.25) is 0 Å². The third kappa shape index (κ3) is 4.05. The maximum atomic E-state index is 12.0. The van der Waals surface area contributed by atoms with Gasteiger partial charge in [0.15, 0.2) is 0 Å². The third-order valence-corrected chi connectivity index (χ3v) is 3.83. The predicted octanol–water partition coefficient (Wildman–Crippen LogP) is 3.87. The first-order valence-electron chi connectivity index (χ1n) is 7.25. The smallest absolute Gasteiger partial charge is 0.248 e. The number of anilines is 1. The van der Waals surface area contributed by atoms with Gasteiger partial charge in [0.05, 0.1) is 7.11 Å². The minimum atomic E-state index is -0.194. The van der Waals surface area contributed by atoms with Crippen LogP contribution in [0.3, 0.4) is 0 Å². The van der Waals surface area contributed by atoms with Gasteiger partial charge in [0.2, 0.25) is 5.91 Å². The van der Waals surface area contributed by atoms with E-state index in [2.05, 4.69) is 14.9 Å². The summed E-state index contributed by atoms with van der Waals surface area (Å²) in [6, 6.07) is 15.0. The lowest BCUT2D eigenvalue weighted by Crippen LogP contribution is -2.07. The van der Waals surface area contributed by atoms with Crippen LogP contribution in [-0.4, -0.2) is 22.6 Å². The summed E-state index contributed by atoms with van der Waals surface area (Å²) in [5.41, 5.74) is 3.42. The molecule has 120 valence electrons. The van der Waals surface area contributed by atoms with Crippen molar-refractivity contribution in [1.82, 2.24) is 9.59 Å². The Morgan fingerprint density at radius 2 is 2.04 bits per heavy atom. The van der Waals surface area contributed by atoms with Crippen LogP contribution in [0.1, 0.15) is 5.56 Å². The van der Waals surface area contributed by atoms with Crippen molar-refractivity contribution in [3.05, 3.63) is 65.6 Å². The van der Waals surface area contributed by atoms with Gasteiger partial charge in [0, 0.05) is 22.7 Å². The molecule has 0 saturated heterocycles. The molecule has 2 aromatic carbocycles. The molecular formula is C18H15N3O2S. The van der Waals surface area contributed by atoms with E-state index in [9.17, 15) is 4.79 Å². The van der Waals surface area contributed by atoms with E-state index in [1.54, 1.807) is 13.2 Å². The van der Waals surface area contributed by atoms with Crippen molar-refractivity contribution >= 4 is 29.2 Å². The molecule has 0 radical (unpaired) electrons. The Balaban J connectivity index is 1.63. The fourth-order valence-electron chi connectivity index (χ4n) is 2.12. The highest BCUT2D eigenvalue weighted by atomic mass is 32.1. The number of nitrogens with one attached hydrogen (secondary N) is 1. The Hall–Kier alpha value is -2.99. The van der Waals surface area contributed by atoms with Crippen LogP contribution in [0.4, 0.5) is 5.69 Å². The topological polar surface area (TPSA) is 64.1 Å². The van der Waals surface area contributed by atoms with Gasteiger partial charge >= 0.3 is 0 Å². The van der Waals surface area contributed by atoms with Crippen LogP contribution < -0.4 is 10.1 Å². The molecule has 0 spiro atoms. The molecule has 3 aromatic rings. The maximum Gasteiger partial charge on any atom is 0.248 e. The van der Waals surface area contributed by atoms with E-state index in [1.807, 2.05) is 53.9 Å². The largest absolute Gasteiger partial charge is 0.497 e. The van der Waals surface area contributed by atoms with E-state index in [4.69, 9.17) is 4.74 Å². The fourth-order valence-corrected chi connectivity index (χ4v) is 2.58. The number of methoxy groups -OCH3 is 1. The zero-order chi connectivity index (χ0) is 16.8. The highest BCUT2D eigenvalue weighted by molar-refractivity contribution is 7.03. The van der Waals surface area contributed by atoms with Crippen molar-refractivity contribution in [3.63, 3.8) is 0 Å². The van der Waals surface area contributed by atoms with Crippen LogP contribution in [0.15, 0.2) is 60.0 Å². The van der Waals surface area contributed by atoms with Gasteiger partial charge in [-0.2, -0.15) is 0 Å². The number of ether oxygens (including phenoxy) is 1. The lowest BCUT2D eigenvalue weighted by molar-refractivity contribution is -0.111. The summed E-state index contributed by atoms with van der Waals surface area (Å²) in [6.45, 7) is 0. The molecule has 1 heterocycles. The second-order valence-electron chi connectivity index (χ2n) is 4.97. The number of benzene rings is 2. The normalized spacial score (nSPS) is 10.7. The van der Waals surface area contributed by atoms with E-state index < -0.39 is 0 Å². The van der Waals surface area contributed by atoms with Gasteiger partial charge < -0.3 is 10.1 Å². The Labute approximate surface area is 143 Å². The van der Waals surface area contributed by atoms with E-state index in [0.29, 0.717) is 0 Å². The summed E-state index contributed by atoms with van der Waals surface area (Å²) < 4.78 is 8.99. The molecule has 0 aliphatic heterocycles. The molecule has 0 aliphatic rings. The van der Waals surface area contributed by atoms with E-state index in [-0.39, 0.29) is 5.91 Å². The zero-order valence-electron chi connectivity index (χ0n) is 13.0. The molecule has 0 fully saturated rings. The van der Waals surface area contributed by atoms with Crippen molar-refractivity contribution in [3.8, 4) is 17.0 Å². The van der Waals surface area contributed by atoms with Crippen molar-refractivity contribution in [2.75, 3.05) is 12.4 Å². The number of rotatable bonds is 5. The van der Waals surface area contributed by atoms with Crippen LogP contribution in [0, 0.1) is 0 Å². The first-order valence-corrected chi connectivity index (χ1v) is 8.09. The first kappa shape index (κ1) is 15.9. The lowest BCUT2D eigenvalue weighted by atomic mass is 10.1. The number of carbonyl (C=O) groups excluding carboxylic acids is 1. The fraction of sp³-hybridized carbons (Fsp3) is 0.0556. The molecule has 6 heteroatoms. The van der Waals surface area contributed by atoms with Gasteiger partial charge in [-0.05, 0) is 47.4 Å². The molecule has 1 N–H and O–H groups in total. The van der Waals surface area contributed by atoms with Crippen LogP contribution in [0.5, 0.6) is 5.75 Å². The predicted molar refractivity (Wildman–Crippen MR) is 96.0 cm³/mol. The molecule has 0 bridgehead atoms. The molecule has 0 saturated carbocycles. The van der Waals surface area contributed by atoms with E-state index in [1.165, 1.54) is 17.6 Å². The molecule has 3 rings (SSSR count). The van der Waals surface area contributed by atoms with Crippen LogP contribution in [0.25, 0.3) is 17.3 Å². The summed E-state index contributed by atoms with van der Waals surface area (Å²) >= 11 is 1.31. The molecular weight excluding hydrogens is 322 g/mol. The van der Waals surface area contributed by atoms with Gasteiger partial charge in [-0.25, -0.2) is 0 Å². The molecule has 1 aromatic heterocycles. The lowest BCUT2D eigenvalue weighted by Gasteiger charge is -2.03. The molecule has 0 aliphatic carbocycles. The molecule has 1 amide bonds. The number of amides is 1. The number of hydrogen-bond acceptors (Lipinski definition) is 5. The molecule has 5 nitrogen and oxygen atoms in total. The van der Waals surface area contributed by atoms with Crippen LogP contribution >= 0.6 is 11.5 Å². The maximum absolute atomic E-state index is 12.0. The van der Waals surface area contributed by atoms with Gasteiger partial charge in [-0.1, -0.05) is 28.8 Å². The highest BCUT2D eigenvalue weighted by Gasteiger charge is 2.02. The second-order valence-corrected chi connectivity index (χ2v) is 5.58. The summed E-state index contributed by atoms with van der Waals surface area (Å²) in [5.74, 6) is 0.561. The SMILES string of the molecule is COc1cccc(/C=C/C(=O)Nc2ccc(-c3csnn3)cc2)c1. The number of nitrogens with zero attached hydrogens (tertiary/aromatic N) is 2. The average molecular weight is 337 g/mol. The Morgan fingerprint density at radius 1 is 1.21 bits per heavy atom. The van der Waals surface area contributed by atoms with Crippen molar-refractivity contribution in [2.24, 2.45) is 0 Å². The van der Waals surface area contributed by atoms with Crippen molar-refractivity contribution in [1.29, 1.82) is 0 Å². The first-order chi connectivity index (χ1) is 11.7. The minimum Gasteiger partial charge on any atom is -0.497 e. The summed E-state index contributed by atoms with van der Waals surface area (Å²) in [6.07, 6.45) is 3.24. The highest BCUT2D eigenvalue weighted by Crippen LogP contribution is 2.20. The van der Waals surface area contributed by atoms with Crippen LogP contribution in [-0.2, 0) is 4.79 Å². The molecule has 0 atom stereocenters. The van der Waals surface area contributed by atoms with Gasteiger partial charge in [0.25, 0.3) is 0 Å². The zero-order valence-corrected chi connectivity index (χ0v) is 13.8. The summed E-state index contributed by atoms with van der Waals surface area (Å²) in [7, 11) is 1.61. The monoisotopic (exact) mass is 337 g/mol. The number of hydrogen-bond donors (Lipinski definition) is 1. The Kier molecular flexibility index (Phi) is 4.98. The van der Waals surface area contributed by atoms with Gasteiger partial charge in [-0.3, -0.25) is 4.79 Å². The van der Waals surface area contributed by atoms with Crippen molar-refractivity contribution in [2.45, 2.75) is 0 Å². The second kappa shape index (κ2) is 7.52. The van der Waals surface area contributed by atoms with E-state index >= 15 is 0 Å². The Morgan fingerprint density at radius 3 is 2.75 bits per heavy atom. The van der Waals surface area contributed by atoms with Gasteiger partial charge in [0.1, 0.15) is 11.4 Å². The van der Waals surface area contributed by atoms with E-state index in [0.717, 1.165) is 28.3 Å². The standard InChI is InChI=1S/C18H15N3O2S/c1-23-16-4-2-3-13(11-16)5-10-18(22)19-15-8-6-14(7-9-15)17-12-24-21-20-17/h2-12H,1H3,(H,19,22)/b10-5+. The van der Waals surface area contributed by atoms with Crippen molar-refractivity contribution < 1.29 is 9.53 Å². The molecule has 24 heavy (non-hydrogen) atoms.